The standard InChI is InChI=1S/C32H41F5O5/c1-26(2)17-41-29(42-18-26)12-9-24-25-21(8-11-28(24,39)16-29)23-10-13-30(40,31(33,34)32(35,36)37)27(23,3)14-22(25)20-6-4-19(15-38)5-7-20/h4-7,21-23,38-40H,8-18H2,1-3H3/t21?,22-,23?,27+,28?,30?/m1/s1. The summed E-state index contributed by atoms with van der Waals surface area (Å²) in [5, 5.41) is 33.2. The van der Waals surface area contributed by atoms with Gasteiger partial charge in [0.2, 0.25) is 0 Å². The van der Waals surface area contributed by atoms with Gasteiger partial charge < -0.3 is 24.8 Å². The Morgan fingerprint density at radius 1 is 0.905 bits per heavy atom. The Bertz CT molecular complexity index is 1250. The lowest BCUT2D eigenvalue weighted by molar-refractivity contribution is -0.362. The van der Waals surface area contributed by atoms with E-state index in [9.17, 15) is 28.5 Å². The topological polar surface area (TPSA) is 79.2 Å². The van der Waals surface area contributed by atoms with Crippen LogP contribution in [-0.2, 0) is 16.1 Å². The summed E-state index contributed by atoms with van der Waals surface area (Å²) < 4.78 is 84.2. The smallest absolute Gasteiger partial charge is 0.392 e. The van der Waals surface area contributed by atoms with E-state index in [4.69, 9.17) is 9.47 Å². The molecule has 5 aliphatic rings. The minimum Gasteiger partial charge on any atom is -0.392 e. The Morgan fingerprint density at radius 3 is 2.14 bits per heavy atom. The Morgan fingerprint density at radius 2 is 1.55 bits per heavy atom. The van der Waals surface area contributed by atoms with Crippen molar-refractivity contribution >= 4 is 0 Å². The molecular weight excluding hydrogens is 559 g/mol. The number of fused-ring (bicyclic) bond motifs is 4. The van der Waals surface area contributed by atoms with E-state index < -0.39 is 52.8 Å². The van der Waals surface area contributed by atoms with Gasteiger partial charge in [0.1, 0.15) is 5.60 Å². The van der Waals surface area contributed by atoms with Gasteiger partial charge in [0.15, 0.2) is 5.79 Å². The van der Waals surface area contributed by atoms with Crippen LogP contribution >= 0.6 is 0 Å². The normalized spacial score (nSPS) is 39.5. The van der Waals surface area contributed by atoms with Crippen molar-refractivity contribution in [3.8, 4) is 0 Å². The average Bonchev–Trinajstić information content (AvgIpc) is 3.20. The third-order valence-corrected chi connectivity index (χ3v) is 11.5. The predicted octanol–water partition coefficient (Wildman–Crippen LogP) is 6.40. The second kappa shape index (κ2) is 9.46. The fourth-order valence-corrected chi connectivity index (χ4v) is 9.16. The van der Waals surface area contributed by atoms with Gasteiger partial charge in [-0.15, -0.1) is 0 Å². The van der Waals surface area contributed by atoms with Crippen molar-refractivity contribution < 1.29 is 46.7 Å². The van der Waals surface area contributed by atoms with Crippen molar-refractivity contribution in [1.82, 2.24) is 0 Å². The summed E-state index contributed by atoms with van der Waals surface area (Å²) in [4.78, 5) is 0. The van der Waals surface area contributed by atoms with Crippen molar-refractivity contribution in [2.24, 2.45) is 22.7 Å². The molecule has 234 valence electrons. The van der Waals surface area contributed by atoms with Crippen LogP contribution in [0.1, 0.15) is 89.2 Å². The number of allylic oxidation sites excluding steroid dienone is 1. The second-order valence-corrected chi connectivity index (χ2v) is 14.6. The summed E-state index contributed by atoms with van der Waals surface area (Å²) in [6.45, 7) is 6.29. The third kappa shape index (κ3) is 4.25. The average molecular weight is 601 g/mol. The molecule has 6 rings (SSSR count). The van der Waals surface area contributed by atoms with Crippen LogP contribution in [0.2, 0.25) is 0 Å². The highest BCUT2D eigenvalue weighted by Crippen LogP contribution is 2.71. The monoisotopic (exact) mass is 600 g/mol. The molecule has 1 aromatic rings. The molecule has 10 heteroatoms. The lowest BCUT2D eigenvalue weighted by atomic mass is 9.49. The van der Waals surface area contributed by atoms with Crippen molar-refractivity contribution in [3.05, 3.63) is 46.5 Å². The van der Waals surface area contributed by atoms with E-state index in [1.54, 1.807) is 24.3 Å². The second-order valence-electron chi connectivity index (χ2n) is 14.6. The van der Waals surface area contributed by atoms with Gasteiger partial charge in [0.25, 0.3) is 0 Å². The first-order valence-electron chi connectivity index (χ1n) is 15.0. The lowest BCUT2D eigenvalue weighted by Gasteiger charge is -2.59. The van der Waals surface area contributed by atoms with E-state index >= 15 is 8.78 Å². The minimum absolute atomic E-state index is 0.0416. The van der Waals surface area contributed by atoms with Crippen molar-refractivity contribution in [2.45, 2.75) is 114 Å². The minimum atomic E-state index is -5.89. The molecule has 0 amide bonds. The molecule has 1 heterocycles. The molecule has 3 N–H and O–H groups in total. The van der Waals surface area contributed by atoms with Gasteiger partial charge in [-0.3, -0.25) is 0 Å². The summed E-state index contributed by atoms with van der Waals surface area (Å²) in [6, 6.07) is 6.97. The first-order chi connectivity index (χ1) is 19.4. The number of halogens is 5. The van der Waals surface area contributed by atoms with Gasteiger partial charge in [-0.05, 0) is 67.1 Å². The molecule has 1 aliphatic heterocycles. The fraction of sp³-hybridized carbons (Fsp3) is 0.750. The number of aliphatic hydroxyl groups is 3. The van der Waals surface area contributed by atoms with Crippen LogP contribution < -0.4 is 0 Å². The quantitative estimate of drug-likeness (QED) is 0.277. The maximum Gasteiger partial charge on any atom is 0.456 e. The summed E-state index contributed by atoms with van der Waals surface area (Å²) in [5.41, 5.74) is -3.32. The van der Waals surface area contributed by atoms with E-state index in [2.05, 4.69) is 0 Å². The van der Waals surface area contributed by atoms with Crippen molar-refractivity contribution in [3.63, 3.8) is 0 Å². The predicted molar refractivity (Wildman–Crippen MR) is 143 cm³/mol. The van der Waals surface area contributed by atoms with Gasteiger partial charge in [-0.1, -0.05) is 50.6 Å². The number of hydrogen-bond donors (Lipinski definition) is 3. The van der Waals surface area contributed by atoms with E-state index in [0.29, 0.717) is 50.0 Å². The zero-order valence-electron chi connectivity index (χ0n) is 24.4. The van der Waals surface area contributed by atoms with Crippen LogP contribution in [0.3, 0.4) is 0 Å². The number of alkyl halides is 5. The number of hydrogen-bond acceptors (Lipinski definition) is 5. The van der Waals surface area contributed by atoms with Crippen molar-refractivity contribution in [2.75, 3.05) is 13.2 Å². The van der Waals surface area contributed by atoms with Crippen LogP contribution in [-0.4, -0.2) is 57.6 Å². The first-order valence-corrected chi connectivity index (χ1v) is 15.0. The van der Waals surface area contributed by atoms with E-state index in [1.165, 1.54) is 6.92 Å². The lowest BCUT2D eigenvalue weighted by Crippen LogP contribution is -2.65. The molecule has 4 unspecified atom stereocenters. The third-order valence-electron chi connectivity index (χ3n) is 11.5. The fourth-order valence-electron chi connectivity index (χ4n) is 9.16. The Labute approximate surface area is 243 Å². The molecule has 4 aliphatic carbocycles. The van der Waals surface area contributed by atoms with Crippen LogP contribution in [0, 0.1) is 22.7 Å². The largest absolute Gasteiger partial charge is 0.456 e. The van der Waals surface area contributed by atoms with Crippen LogP contribution in [0.25, 0.3) is 0 Å². The first kappa shape index (κ1) is 30.4. The Hall–Kier alpha value is -1.59. The molecule has 3 saturated carbocycles. The Balaban J connectivity index is 1.45. The highest BCUT2D eigenvalue weighted by atomic mass is 19.4. The van der Waals surface area contributed by atoms with Gasteiger partial charge in [0, 0.05) is 29.6 Å². The SMILES string of the molecule is CC1(C)COC2(CCC3=C4C(CCC3(O)C2)C2CCC(O)(C(F)(F)C(F)(F)F)[C@@]2(C)C[C@@H]4c2ccc(CO)cc2)OC1. The Kier molecular flexibility index (Phi) is 6.85. The molecule has 0 aromatic heterocycles. The van der Waals surface area contributed by atoms with Gasteiger partial charge in [-0.25, -0.2) is 0 Å². The number of rotatable bonds is 3. The van der Waals surface area contributed by atoms with Crippen molar-refractivity contribution in [1.29, 1.82) is 0 Å². The van der Waals surface area contributed by atoms with Crippen LogP contribution in [0.15, 0.2) is 35.4 Å². The summed E-state index contributed by atoms with van der Waals surface area (Å²) in [5.74, 6) is -7.75. The number of benzene rings is 1. The molecular formula is C32H41F5O5. The molecule has 6 atom stereocenters. The van der Waals surface area contributed by atoms with Crippen LogP contribution in [0.5, 0.6) is 0 Å². The molecule has 1 spiro atoms. The maximum absolute atomic E-state index is 15.2. The summed E-state index contributed by atoms with van der Waals surface area (Å²) >= 11 is 0. The zero-order valence-corrected chi connectivity index (χ0v) is 24.4. The molecule has 1 saturated heterocycles. The molecule has 0 radical (unpaired) electrons. The molecule has 4 fully saturated rings. The van der Waals surface area contributed by atoms with E-state index in [-0.39, 0.29) is 37.2 Å². The molecule has 42 heavy (non-hydrogen) atoms. The van der Waals surface area contributed by atoms with Gasteiger partial charge >= 0.3 is 12.1 Å². The zero-order chi connectivity index (χ0) is 30.6. The number of aliphatic hydroxyl groups excluding tert-OH is 1. The highest BCUT2D eigenvalue weighted by molar-refractivity contribution is 5.44. The summed E-state index contributed by atoms with van der Waals surface area (Å²) in [6.07, 6.45) is -4.71. The molecule has 5 nitrogen and oxygen atoms in total. The summed E-state index contributed by atoms with van der Waals surface area (Å²) in [7, 11) is 0. The molecule has 1 aromatic carbocycles. The van der Waals surface area contributed by atoms with Crippen LogP contribution in [0.4, 0.5) is 22.0 Å². The van der Waals surface area contributed by atoms with Gasteiger partial charge in [0.05, 0.1) is 25.4 Å². The number of ether oxygens (including phenoxy) is 2. The maximum atomic E-state index is 15.2. The van der Waals surface area contributed by atoms with E-state index in [1.807, 2.05) is 13.8 Å². The van der Waals surface area contributed by atoms with Gasteiger partial charge in [-0.2, -0.15) is 22.0 Å². The van der Waals surface area contributed by atoms with E-state index in [0.717, 1.165) is 11.1 Å². The molecule has 0 bridgehead atoms. The highest BCUT2D eigenvalue weighted by Gasteiger charge is 2.79.